The summed E-state index contributed by atoms with van der Waals surface area (Å²) < 4.78 is 13.0. The first kappa shape index (κ1) is 23.3. The predicted molar refractivity (Wildman–Crippen MR) is 115 cm³/mol. The van der Waals surface area contributed by atoms with Gasteiger partial charge in [-0.25, -0.2) is 9.45 Å². The minimum atomic E-state index is -0.274. The molecule has 1 atom stereocenters. The molecule has 6 heteroatoms. The van der Waals surface area contributed by atoms with Crippen LogP contribution in [0.4, 0.5) is 4.39 Å². The van der Waals surface area contributed by atoms with Crippen molar-refractivity contribution in [3.8, 4) is 0 Å². The molecule has 3 rings (SSSR count). The highest BCUT2D eigenvalue weighted by Crippen LogP contribution is 2.22. The summed E-state index contributed by atoms with van der Waals surface area (Å²) >= 11 is 0. The lowest BCUT2D eigenvalue weighted by Gasteiger charge is -2.38. The molecule has 0 N–H and O–H groups in total. The second kappa shape index (κ2) is 11.3. The standard InChI is InChI=1S/C23H29FN2O2.ClH/c1-18(21-6-4-3-5-7-21)16-25-14-12-23(13-15-25)26(19(2)27)28-17-20-8-10-22(24)11-9-20;/h3-11,18,23H,12-17H2,1-2H3;1H. The van der Waals surface area contributed by atoms with Crippen molar-refractivity contribution in [3.63, 3.8) is 0 Å². The molecule has 0 radical (unpaired) electrons. The van der Waals surface area contributed by atoms with E-state index in [9.17, 15) is 9.18 Å². The first-order chi connectivity index (χ1) is 13.5. The van der Waals surface area contributed by atoms with Crippen LogP contribution >= 0.6 is 12.4 Å². The summed E-state index contributed by atoms with van der Waals surface area (Å²) in [6, 6.07) is 16.8. The molecule has 4 nitrogen and oxygen atoms in total. The van der Waals surface area contributed by atoms with Gasteiger partial charge in [0, 0.05) is 26.6 Å². The van der Waals surface area contributed by atoms with Crippen LogP contribution in [0.1, 0.15) is 43.7 Å². The number of hydrogen-bond acceptors (Lipinski definition) is 3. The van der Waals surface area contributed by atoms with Crippen molar-refractivity contribution in [3.05, 3.63) is 71.5 Å². The summed E-state index contributed by atoms with van der Waals surface area (Å²) in [5.74, 6) is 0.124. The molecule has 1 unspecified atom stereocenters. The number of benzene rings is 2. The monoisotopic (exact) mass is 420 g/mol. The summed E-state index contributed by atoms with van der Waals surface area (Å²) in [6.45, 7) is 6.99. The minimum absolute atomic E-state index is 0. The maximum absolute atomic E-state index is 13.0. The van der Waals surface area contributed by atoms with Crippen molar-refractivity contribution < 1.29 is 14.0 Å². The summed E-state index contributed by atoms with van der Waals surface area (Å²) in [6.07, 6.45) is 1.79. The van der Waals surface area contributed by atoms with E-state index in [1.807, 2.05) is 6.07 Å². The molecular weight excluding hydrogens is 391 g/mol. The van der Waals surface area contributed by atoms with E-state index in [0.29, 0.717) is 5.92 Å². The van der Waals surface area contributed by atoms with Crippen LogP contribution in [0.25, 0.3) is 0 Å². The zero-order valence-corrected chi connectivity index (χ0v) is 17.9. The van der Waals surface area contributed by atoms with E-state index in [1.165, 1.54) is 29.7 Å². The lowest BCUT2D eigenvalue weighted by atomic mass is 9.98. The van der Waals surface area contributed by atoms with Crippen LogP contribution in [0, 0.1) is 5.82 Å². The van der Waals surface area contributed by atoms with Crippen LogP contribution in [-0.4, -0.2) is 41.5 Å². The van der Waals surface area contributed by atoms with Gasteiger partial charge in [0.2, 0.25) is 5.91 Å². The molecule has 1 aliphatic rings. The SMILES string of the molecule is CC(=O)N(OCc1ccc(F)cc1)C1CCN(CC(C)c2ccccc2)CC1.Cl. The fourth-order valence-electron chi connectivity index (χ4n) is 3.79. The number of carbonyl (C=O) groups is 1. The molecule has 0 bridgehead atoms. The average molecular weight is 421 g/mol. The number of amides is 1. The molecule has 1 aliphatic heterocycles. The molecule has 0 spiro atoms. The largest absolute Gasteiger partial charge is 0.303 e. The summed E-state index contributed by atoms with van der Waals surface area (Å²) in [5, 5.41) is 1.52. The second-order valence-electron chi connectivity index (χ2n) is 7.59. The Bertz CT molecular complexity index is 749. The van der Waals surface area contributed by atoms with Gasteiger partial charge in [-0.3, -0.25) is 9.63 Å². The highest BCUT2D eigenvalue weighted by atomic mass is 35.5. The summed E-state index contributed by atoms with van der Waals surface area (Å²) in [7, 11) is 0. The molecule has 158 valence electrons. The molecule has 1 heterocycles. The molecule has 2 aromatic rings. The molecule has 0 aliphatic carbocycles. The van der Waals surface area contributed by atoms with Crippen LogP contribution in [-0.2, 0) is 16.2 Å². The fraction of sp³-hybridized carbons (Fsp3) is 0.435. The maximum atomic E-state index is 13.0. The van der Waals surface area contributed by atoms with Gasteiger partial charge in [0.1, 0.15) is 12.4 Å². The van der Waals surface area contributed by atoms with Gasteiger partial charge in [-0.1, -0.05) is 49.4 Å². The Hall–Kier alpha value is -1.95. The highest BCUT2D eigenvalue weighted by Gasteiger charge is 2.28. The van der Waals surface area contributed by atoms with Gasteiger partial charge in [-0.15, -0.1) is 12.4 Å². The van der Waals surface area contributed by atoms with Gasteiger partial charge >= 0.3 is 0 Å². The predicted octanol–water partition coefficient (Wildman–Crippen LogP) is 4.80. The molecule has 1 amide bonds. The van der Waals surface area contributed by atoms with E-state index in [-0.39, 0.29) is 36.8 Å². The average Bonchev–Trinajstić information content (AvgIpc) is 2.71. The lowest BCUT2D eigenvalue weighted by molar-refractivity contribution is -0.208. The van der Waals surface area contributed by atoms with Gasteiger partial charge in [-0.05, 0) is 42.0 Å². The molecule has 1 fully saturated rings. The quantitative estimate of drug-likeness (QED) is 0.603. The zero-order chi connectivity index (χ0) is 19.9. The first-order valence-electron chi connectivity index (χ1n) is 9.97. The van der Waals surface area contributed by atoms with Crippen molar-refractivity contribution >= 4 is 18.3 Å². The number of likely N-dealkylation sites (tertiary alicyclic amines) is 1. The molecule has 0 saturated carbocycles. The zero-order valence-electron chi connectivity index (χ0n) is 17.1. The van der Waals surface area contributed by atoms with E-state index in [0.717, 1.165) is 38.0 Å². The van der Waals surface area contributed by atoms with Crippen LogP contribution < -0.4 is 0 Å². The number of rotatable bonds is 7. The number of nitrogens with zero attached hydrogens (tertiary/aromatic N) is 2. The number of hydrogen-bond donors (Lipinski definition) is 0. The van der Waals surface area contributed by atoms with E-state index >= 15 is 0 Å². The molecule has 0 aromatic heterocycles. The van der Waals surface area contributed by atoms with Crippen LogP contribution in [0.15, 0.2) is 54.6 Å². The summed E-state index contributed by atoms with van der Waals surface area (Å²) in [5.41, 5.74) is 2.21. The Morgan fingerprint density at radius 3 is 2.34 bits per heavy atom. The Kier molecular flexibility index (Phi) is 9.08. The molecule has 1 saturated heterocycles. The molecule has 2 aromatic carbocycles. The fourth-order valence-corrected chi connectivity index (χ4v) is 3.79. The third kappa shape index (κ3) is 6.81. The second-order valence-corrected chi connectivity index (χ2v) is 7.59. The Morgan fingerprint density at radius 1 is 1.14 bits per heavy atom. The third-order valence-corrected chi connectivity index (χ3v) is 5.38. The smallest absolute Gasteiger partial charge is 0.243 e. The number of hydroxylamine groups is 2. The summed E-state index contributed by atoms with van der Waals surface area (Å²) in [4.78, 5) is 20.4. The van der Waals surface area contributed by atoms with Crippen LogP contribution in [0.2, 0.25) is 0 Å². The van der Waals surface area contributed by atoms with Gasteiger partial charge in [0.15, 0.2) is 0 Å². The van der Waals surface area contributed by atoms with E-state index in [4.69, 9.17) is 4.84 Å². The normalized spacial score (nSPS) is 16.1. The Balaban J connectivity index is 0.00000300. The van der Waals surface area contributed by atoms with Gasteiger partial charge in [-0.2, -0.15) is 0 Å². The van der Waals surface area contributed by atoms with Gasteiger partial charge < -0.3 is 4.90 Å². The van der Waals surface area contributed by atoms with Crippen molar-refractivity contribution in [2.75, 3.05) is 19.6 Å². The Morgan fingerprint density at radius 2 is 1.76 bits per heavy atom. The van der Waals surface area contributed by atoms with Crippen molar-refractivity contribution in [1.82, 2.24) is 9.96 Å². The van der Waals surface area contributed by atoms with Gasteiger partial charge in [0.05, 0.1) is 6.04 Å². The molecular formula is C23H30ClFN2O2. The maximum Gasteiger partial charge on any atom is 0.243 e. The van der Waals surface area contributed by atoms with Crippen LogP contribution in [0.5, 0.6) is 0 Å². The lowest BCUT2D eigenvalue weighted by Crippen LogP contribution is -2.47. The number of piperidine rings is 1. The molecule has 29 heavy (non-hydrogen) atoms. The van der Waals surface area contributed by atoms with Crippen molar-refractivity contribution in [1.29, 1.82) is 0 Å². The van der Waals surface area contributed by atoms with E-state index in [1.54, 1.807) is 12.1 Å². The minimum Gasteiger partial charge on any atom is -0.303 e. The highest BCUT2D eigenvalue weighted by molar-refractivity contribution is 5.85. The number of halogens is 2. The van der Waals surface area contributed by atoms with Crippen molar-refractivity contribution in [2.24, 2.45) is 0 Å². The van der Waals surface area contributed by atoms with Crippen LogP contribution in [0.3, 0.4) is 0 Å². The van der Waals surface area contributed by atoms with E-state index in [2.05, 4.69) is 36.1 Å². The Labute approximate surface area is 179 Å². The first-order valence-corrected chi connectivity index (χ1v) is 9.97. The third-order valence-electron chi connectivity index (χ3n) is 5.38. The number of carbonyl (C=O) groups excluding carboxylic acids is 1. The van der Waals surface area contributed by atoms with Crippen molar-refractivity contribution in [2.45, 2.75) is 45.3 Å². The topological polar surface area (TPSA) is 32.8 Å². The van der Waals surface area contributed by atoms with E-state index < -0.39 is 0 Å². The van der Waals surface area contributed by atoms with Gasteiger partial charge in [0.25, 0.3) is 0 Å².